The zero-order valence-corrected chi connectivity index (χ0v) is 9.10. The molecule has 0 atom stereocenters. The molecule has 0 aliphatic carbocycles. The lowest BCUT2D eigenvalue weighted by atomic mass is 10.3. The summed E-state index contributed by atoms with van der Waals surface area (Å²) in [5.41, 5.74) is 0. The summed E-state index contributed by atoms with van der Waals surface area (Å²) in [5.74, 6) is 0.269. The lowest BCUT2D eigenvalue weighted by molar-refractivity contribution is -0.130. The van der Waals surface area contributed by atoms with Crippen LogP contribution < -0.4 is 5.32 Å². The van der Waals surface area contributed by atoms with Gasteiger partial charge in [0.1, 0.15) is 0 Å². The highest BCUT2D eigenvalue weighted by atomic mass is 16.2. The highest BCUT2D eigenvalue weighted by Gasteiger charge is 2.09. The third kappa shape index (κ3) is 5.64. The van der Waals surface area contributed by atoms with Gasteiger partial charge in [0.15, 0.2) is 0 Å². The second-order valence-corrected chi connectivity index (χ2v) is 3.18. The molecule has 0 aromatic heterocycles. The molecule has 0 aromatic carbocycles. The molecule has 0 fully saturated rings. The molecular formula is C10H22N2O. The monoisotopic (exact) mass is 186 g/mol. The van der Waals surface area contributed by atoms with Gasteiger partial charge in [-0.05, 0) is 20.4 Å². The molecule has 13 heavy (non-hydrogen) atoms. The fourth-order valence-corrected chi connectivity index (χ4v) is 1.20. The van der Waals surface area contributed by atoms with E-state index >= 15 is 0 Å². The molecule has 78 valence electrons. The number of nitrogens with one attached hydrogen (secondary N) is 1. The first-order valence-electron chi connectivity index (χ1n) is 5.18. The molecule has 0 aliphatic heterocycles. The Labute approximate surface area is 81.5 Å². The summed E-state index contributed by atoms with van der Waals surface area (Å²) in [4.78, 5) is 13.5. The standard InChI is InChI=1S/C10H22N2O/c1-4-6-9-12(5-2)10(13)7-8-11-3/h11H,4-9H2,1-3H3. The molecule has 1 N–H and O–H groups in total. The number of rotatable bonds is 7. The van der Waals surface area contributed by atoms with Crippen molar-refractivity contribution >= 4 is 5.91 Å². The van der Waals surface area contributed by atoms with Gasteiger partial charge in [-0.3, -0.25) is 4.79 Å². The molecule has 1 amide bonds. The summed E-state index contributed by atoms with van der Waals surface area (Å²) in [6.07, 6.45) is 2.88. The number of carbonyl (C=O) groups is 1. The molecule has 0 saturated carbocycles. The van der Waals surface area contributed by atoms with Gasteiger partial charge >= 0.3 is 0 Å². The van der Waals surface area contributed by atoms with Crippen LogP contribution in [-0.4, -0.2) is 37.5 Å². The van der Waals surface area contributed by atoms with Gasteiger partial charge in [0.25, 0.3) is 0 Å². The molecule has 0 unspecified atom stereocenters. The summed E-state index contributed by atoms with van der Waals surface area (Å²) in [7, 11) is 1.87. The van der Waals surface area contributed by atoms with E-state index in [-0.39, 0.29) is 5.91 Å². The van der Waals surface area contributed by atoms with Crippen molar-refractivity contribution in [2.75, 3.05) is 26.7 Å². The van der Waals surface area contributed by atoms with Gasteiger partial charge < -0.3 is 10.2 Å². The molecule has 0 bridgehead atoms. The van der Waals surface area contributed by atoms with Gasteiger partial charge in [-0.15, -0.1) is 0 Å². The fourth-order valence-electron chi connectivity index (χ4n) is 1.20. The minimum Gasteiger partial charge on any atom is -0.343 e. The zero-order valence-electron chi connectivity index (χ0n) is 9.10. The first-order valence-corrected chi connectivity index (χ1v) is 5.18. The van der Waals surface area contributed by atoms with E-state index in [0.29, 0.717) is 6.42 Å². The normalized spacial score (nSPS) is 10.1. The van der Waals surface area contributed by atoms with Crippen LogP contribution in [0.25, 0.3) is 0 Å². The van der Waals surface area contributed by atoms with Gasteiger partial charge in [0.05, 0.1) is 0 Å². The van der Waals surface area contributed by atoms with Gasteiger partial charge in [-0.25, -0.2) is 0 Å². The average Bonchev–Trinajstić information content (AvgIpc) is 2.16. The second kappa shape index (κ2) is 8.05. The van der Waals surface area contributed by atoms with Crippen molar-refractivity contribution in [1.82, 2.24) is 10.2 Å². The highest BCUT2D eigenvalue weighted by molar-refractivity contribution is 5.76. The van der Waals surface area contributed by atoms with Crippen LogP contribution in [0.2, 0.25) is 0 Å². The Morgan fingerprint density at radius 3 is 2.54 bits per heavy atom. The summed E-state index contributed by atoms with van der Waals surface area (Å²) in [5, 5.41) is 2.99. The van der Waals surface area contributed by atoms with Gasteiger partial charge in [0.2, 0.25) is 5.91 Å². The topological polar surface area (TPSA) is 32.3 Å². The summed E-state index contributed by atoms with van der Waals surface area (Å²) in [6, 6.07) is 0. The Morgan fingerprint density at radius 2 is 2.08 bits per heavy atom. The third-order valence-corrected chi connectivity index (χ3v) is 2.10. The van der Waals surface area contributed by atoms with Gasteiger partial charge in [-0.1, -0.05) is 13.3 Å². The van der Waals surface area contributed by atoms with Crippen molar-refractivity contribution in [2.24, 2.45) is 0 Å². The fraction of sp³-hybridized carbons (Fsp3) is 0.900. The van der Waals surface area contributed by atoms with Crippen molar-refractivity contribution in [3.63, 3.8) is 0 Å². The van der Waals surface area contributed by atoms with E-state index in [1.165, 1.54) is 0 Å². The van der Waals surface area contributed by atoms with Crippen LogP contribution in [0.15, 0.2) is 0 Å². The Kier molecular flexibility index (Phi) is 7.69. The third-order valence-electron chi connectivity index (χ3n) is 2.10. The van der Waals surface area contributed by atoms with E-state index in [2.05, 4.69) is 12.2 Å². The number of unbranched alkanes of at least 4 members (excludes halogenated alkanes) is 1. The molecule has 0 aromatic rings. The van der Waals surface area contributed by atoms with E-state index in [9.17, 15) is 4.79 Å². The van der Waals surface area contributed by atoms with Crippen LogP contribution in [0.5, 0.6) is 0 Å². The molecule has 0 spiro atoms. The van der Waals surface area contributed by atoms with E-state index in [1.807, 2.05) is 18.9 Å². The van der Waals surface area contributed by atoms with Crippen LogP contribution >= 0.6 is 0 Å². The molecule has 0 saturated heterocycles. The van der Waals surface area contributed by atoms with Gasteiger partial charge in [-0.2, -0.15) is 0 Å². The number of hydrogen-bond donors (Lipinski definition) is 1. The van der Waals surface area contributed by atoms with Crippen molar-refractivity contribution in [1.29, 1.82) is 0 Å². The minimum atomic E-state index is 0.269. The Hall–Kier alpha value is -0.570. The van der Waals surface area contributed by atoms with Crippen LogP contribution in [0.1, 0.15) is 33.1 Å². The Bertz CT molecular complexity index is 137. The van der Waals surface area contributed by atoms with Crippen LogP contribution in [0.3, 0.4) is 0 Å². The first kappa shape index (κ1) is 12.4. The second-order valence-electron chi connectivity index (χ2n) is 3.18. The molecule has 0 aliphatic rings. The maximum absolute atomic E-state index is 11.5. The Morgan fingerprint density at radius 1 is 1.38 bits per heavy atom. The molecule has 0 heterocycles. The zero-order chi connectivity index (χ0) is 10.1. The maximum Gasteiger partial charge on any atom is 0.223 e. The SMILES string of the molecule is CCCCN(CC)C(=O)CCNC. The summed E-state index contributed by atoms with van der Waals surface area (Å²) >= 11 is 0. The maximum atomic E-state index is 11.5. The highest BCUT2D eigenvalue weighted by Crippen LogP contribution is 1.97. The van der Waals surface area contributed by atoms with Crippen LogP contribution in [-0.2, 0) is 4.79 Å². The number of carbonyl (C=O) groups excluding carboxylic acids is 1. The lowest BCUT2D eigenvalue weighted by Crippen LogP contribution is -2.33. The van der Waals surface area contributed by atoms with Crippen molar-refractivity contribution < 1.29 is 4.79 Å². The van der Waals surface area contributed by atoms with Crippen molar-refractivity contribution in [2.45, 2.75) is 33.1 Å². The van der Waals surface area contributed by atoms with E-state index in [0.717, 1.165) is 32.5 Å². The molecule has 3 heteroatoms. The predicted molar refractivity (Wildman–Crippen MR) is 55.7 cm³/mol. The summed E-state index contributed by atoms with van der Waals surface area (Å²) in [6.45, 7) is 6.71. The molecule has 0 rings (SSSR count). The Balaban J connectivity index is 3.71. The minimum absolute atomic E-state index is 0.269. The van der Waals surface area contributed by atoms with Gasteiger partial charge in [0, 0.05) is 26.1 Å². The van der Waals surface area contributed by atoms with Crippen molar-refractivity contribution in [3.8, 4) is 0 Å². The van der Waals surface area contributed by atoms with E-state index < -0.39 is 0 Å². The largest absolute Gasteiger partial charge is 0.343 e. The van der Waals surface area contributed by atoms with E-state index in [1.54, 1.807) is 0 Å². The molecule has 3 nitrogen and oxygen atoms in total. The average molecular weight is 186 g/mol. The van der Waals surface area contributed by atoms with Crippen molar-refractivity contribution in [3.05, 3.63) is 0 Å². The van der Waals surface area contributed by atoms with E-state index in [4.69, 9.17) is 0 Å². The lowest BCUT2D eigenvalue weighted by Gasteiger charge is -2.20. The molecule has 0 radical (unpaired) electrons. The summed E-state index contributed by atoms with van der Waals surface area (Å²) < 4.78 is 0. The van der Waals surface area contributed by atoms with Crippen LogP contribution in [0.4, 0.5) is 0 Å². The number of amides is 1. The first-order chi connectivity index (χ1) is 6.26. The predicted octanol–water partition coefficient (Wildman–Crippen LogP) is 1.24. The molecular weight excluding hydrogens is 164 g/mol. The smallest absolute Gasteiger partial charge is 0.223 e. The number of nitrogens with zero attached hydrogens (tertiary/aromatic N) is 1. The van der Waals surface area contributed by atoms with Crippen LogP contribution in [0, 0.1) is 0 Å². The quantitative estimate of drug-likeness (QED) is 0.649. The number of hydrogen-bond acceptors (Lipinski definition) is 2.